The van der Waals surface area contributed by atoms with Crippen molar-refractivity contribution < 1.29 is 27.9 Å². The van der Waals surface area contributed by atoms with Gasteiger partial charge in [0, 0.05) is 13.1 Å². The maximum atomic E-state index is 12.9. The normalized spacial score (nSPS) is 17.2. The molecule has 1 heterocycles. The largest absolute Gasteiger partial charge is 0.480 e. The highest BCUT2D eigenvalue weighted by atomic mass is 32.2. The molecule has 0 radical (unpaired) electrons. The van der Waals surface area contributed by atoms with E-state index >= 15 is 0 Å². The van der Waals surface area contributed by atoms with Crippen LogP contribution in [0.15, 0.2) is 65.6 Å². The van der Waals surface area contributed by atoms with Gasteiger partial charge in [-0.1, -0.05) is 48.5 Å². The number of urea groups is 1. The average Bonchev–Trinajstić information content (AvgIpc) is 3.32. The van der Waals surface area contributed by atoms with Crippen LogP contribution in [0.5, 0.6) is 0 Å². The van der Waals surface area contributed by atoms with E-state index in [2.05, 4.69) is 16.0 Å². The van der Waals surface area contributed by atoms with E-state index in [0.29, 0.717) is 6.42 Å². The first-order valence-corrected chi connectivity index (χ1v) is 11.9. The summed E-state index contributed by atoms with van der Waals surface area (Å²) in [6.07, 6.45) is 0.747. The average molecular weight is 475 g/mol. The van der Waals surface area contributed by atoms with Crippen LogP contribution < -0.4 is 16.0 Å². The van der Waals surface area contributed by atoms with Gasteiger partial charge >= 0.3 is 12.0 Å². The number of hydrogen-bond acceptors (Lipinski definition) is 5. The number of aliphatic carboxylic acids is 1. The Hall–Kier alpha value is -3.44. The summed E-state index contributed by atoms with van der Waals surface area (Å²) in [5.41, 5.74) is 0.872. The third-order valence-corrected chi connectivity index (χ3v) is 7.16. The zero-order valence-electron chi connectivity index (χ0n) is 17.8. The summed E-state index contributed by atoms with van der Waals surface area (Å²) < 4.78 is 27.0. The number of benzene rings is 2. The van der Waals surface area contributed by atoms with Gasteiger partial charge < -0.3 is 21.1 Å². The summed E-state index contributed by atoms with van der Waals surface area (Å²) in [5.74, 6) is -2.06. The van der Waals surface area contributed by atoms with Gasteiger partial charge in [-0.15, -0.1) is 0 Å². The van der Waals surface area contributed by atoms with Crippen LogP contribution in [0.3, 0.4) is 0 Å². The maximum absolute atomic E-state index is 12.9. The van der Waals surface area contributed by atoms with Crippen LogP contribution in [-0.4, -0.2) is 60.9 Å². The molecule has 11 heteroatoms. The van der Waals surface area contributed by atoms with Crippen molar-refractivity contribution >= 4 is 27.9 Å². The smallest absolute Gasteiger partial charge is 0.328 e. The molecule has 1 aliphatic rings. The molecule has 0 saturated carbocycles. The fraction of sp³-hybridized carbons (Fsp3) is 0.318. The molecule has 1 saturated heterocycles. The molecule has 0 spiro atoms. The molecule has 0 aromatic heterocycles. The fourth-order valence-corrected chi connectivity index (χ4v) is 5.20. The van der Waals surface area contributed by atoms with Crippen LogP contribution in [0.25, 0.3) is 0 Å². The SMILES string of the molecule is O=C(NCc1ccccc1)NC[C@H](NC(=O)C1CCCN1S(=O)(=O)c1ccccc1)C(=O)O. The first-order chi connectivity index (χ1) is 15.8. The zero-order chi connectivity index (χ0) is 23.8. The highest BCUT2D eigenvalue weighted by Crippen LogP contribution is 2.26. The summed E-state index contributed by atoms with van der Waals surface area (Å²) in [6.45, 7) is 0.0538. The van der Waals surface area contributed by atoms with Crippen LogP contribution in [0, 0.1) is 0 Å². The van der Waals surface area contributed by atoms with Gasteiger partial charge in [-0.2, -0.15) is 4.31 Å². The van der Waals surface area contributed by atoms with Crippen LogP contribution >= 0.6 is 0 Å². The molecule has 3 rings (SSSR count). The number of amides is 3. The van der Waals surface area contributed by atoms with Gasteiger partial charge in [-0.05, 0) is 30.5 Å². The lowest BCUT2D eigenvalue weighted by Gasteiger charge is -2.25. The van der Waals surface area contributed by atoms with Gasteiger partial charge in [0.1, 0.15) is 12.1 Å². The van der Waals surface area contributed by atoms with Gasteiger partial charge in [0.2, 0.25) is 15.9 Å². The van der Waals surface area contributed by atoms with Crippen LogP contribution in [0.1, 0.15) is 18.4 Å². The summed E-state index contributed by atoms with van der Waals surface area (Å²) in [7, 11) is -3.90. The standard InChI is InChI=1S/C22H26N4O6S/c27-20(19-12-7-13-26(19)33(31,32)17-10-5-2-6-11-17)25-18(21(28)29)15-24-22(30)23-14-16-8-3-1-4-9-16/h1-6,8-11,18-19H,7,12-15H2,(H,25,27)(H,28,29)(H2,23,24,30)/t18-,19?/m0/s1. The number of hydrogen-bond donors (Lipinski definition) is 4. The summed E-state index contributed by atoms with van der Waals surface area (Å²) in [6, 6.07) is 13.9. The van der Waals surface area contributed by atoms with Crippen molar-refractivity contribution in [3.05, 3.63) is 66.2 Å². The van der Waals surface area contributed by atoms with E-state index < -0.39 is 40.0 Å². The molecular formula is C22H26N4O6S. The molecule has 2 atom stereocenters. The number of nitrogens with zero attached hydrogens (tertiary/aromatic N) is 1. The van der Waals surface area contributed by atoms with E-state index in [1.807, 2.05) is 30.3 Å². The topological polar surface area (TPSA) is 145 Å². The number of rotatable bonds is 9. The Balaban J connectivity index is 1.58. The summed E-state index contributed by atoms with van der Waals surface area (Å²) in [5, 5.41) is 16.8. The van der Waals surface area contributed by atoms with Crippen LogP contribution in [0.2, 0.25) is 0 Å². The van der Waals surface area contributed by atoms with Gasteiger partial charge in [0.15, 0.2) is 0 Å². The Morgan fingerprint density at radius 3 is 2.27 bits per heavy atom. The molecule has 1 fully saturated rings. The van der Waals surface area contributed by atoms with E-state index in [4.69, 9.17) is 0 Å². The van der Waals surface area contributed by atoms with E-state index in [1.54, 1.807) is 18.2 Å². The Kier molecular flexibility index (Phi) is 8.01. The minimum atomic E-state index is -3.90. The Morgan fingerprint density at radius 2 is 1.64 bits per heavy atom. The van der Waals surface area contributed by atoms with Crippen molar-refractivity contribution in [3.63, 3.8) is 0 Å². The summed E-state index contributed by atoms with van der Waals surface area (Å²) >= 11 is 0. The monoisotopic (exact) mass is 474 g/mol. The van der Waals surface area contributed by atoms with E-state index in [9.17, 15) is 27.9 Å². The minimum absolute atomic E-state index is 0.0660. The Labute approximate surface area is 192 Å². The van der Waals surface area contributed by atoms with Crippen molar-refractivity contribution in [2.75, 3.05) is 13.1 Å². The van der Waals surface area contributed by atoms with Crippen molar-refractivity contribution in [1.29, 1.82) is 0 Å². The first kappa shape index (κ1) is 24.2. The fourth-order valence-electron chi connectivity index (χ4n) is 3.52. The number of nitrogens with one attached hydrogen (secondary N) is 3. The molecule has 2 aromatic rings. The Morgan fingerprint density at radius 1 is 1.00 bits per heavy atom. The zero-order valence-corrected chi connectivity index (χ0v) is 18.6. The van der Waals surface area contributed by atoms with Gasteiger partial charge in [-0.25, -0.2) is 18.0 Å². The quantitative estimate of drug-likeness (QED) is 0.425. The number of carbonyl (C=O) groups excluding carboxylic acids is 2. The summed E-state index contributed by atoms with van der Waals surface area (Å²) in [4.78, 5) is 36.5. The molecule has 0 aliphatic carbocycles. The molecule has 4 N–H and O–H groups in total. The highest BCUT2D eigenvalue weighted by molar-refractivity contribution is 7.89. The van der Waals surface area contributed by atoms with Crippen LogP contribution in [0.4, 0.5) is 4.79 Å². The molecule has 1 unspecified atom stereocenters. The second-order valence-electron chi connectivity index (χ2n) is 7.54. The van der Waals surface area contributed by atoms with Gasteiger partial charge in [0.25, 0.3) is 0 Å². The van der Waals surface area contributed by atoms with Gasteiger partial charge in [-0.3, -0.25) is 4.79 Å². The molecule has 33 heavy (non-hydrogen) atoms. The number of carboxylic acid groups (broad SMARTS) is 1. The molecule has 2 aromatic carbocycles. The van der Waals surface area contributed by atoms with E-state index in [0.717, 1.165) is 9.87 Å². The Bertz CT molecular complexity index is 1080. The molecular weight excluding hydrogens is 448 g/mol. The van der Waals surface area contributed by atoms with Crippen molar-refractivity contribution in [2.24, 2.45) is 0 Å². The number of carbonyl (C=O) groups is 3. The second-order valence-corrected chi connectivity index (χ2v) is 9.43. The lowest BCUT2D eigenvalue weighted by atomic mass is 10.2. The first-order valence-electron chi connectivity index (χ1n) is 10.4. The third kappa shape index (κ3) is 6.30. The van der Waals surface area contributed by atoms with E-state index in [1.165, 1.54) is 12.1 Å². The maximum Gasteiger partial charge on any atom is 0.328 e. The molecule has 1 aliphatic heterocycles. The van der Waals surface area contributed by atoms with Crippen molar-refractivity contribution in [2.45, 2.75) is 36.4 Å². The lowest BCUT2D eigenvalue weighted by Crippen LogP contribution is -2.54. The molecule has 3 amide bonds. The minimum Gasteiger partial charge on any atom is -0.480 e. The third-order valence-electron chi connectivity index (χ3n) is 5.23. The second kappa shape index (κ2) is 10.9. The predicted molar refractivity (Wildman–Crippen MR) is 120 cm³/mol. The van der Waals surface area contributed by atoms with Crippen molar-refractivity contribution in [1.82, 2.24) is 20.3 Å². The lowest BCUT2D eigenvalue weighted by molar-refractivity contribution is -0.142. The van der Waals surface area contributed by atoms with Gasteiger partial charge in [0.05, 0.1) is 11.4 Å². The molecule has 10 nitrogen and oxygen atoms in total. The number of sulfonamides is 1. The van der Waals surface area contributed by atoms with Crippen LogP contribution in [-0.2, 0) is 26.2 Å². The predicted octanol–water partition coefficient (Wildman–Crippen LogP) is 0.909. The molecule has 0 bridgehead atoms. The number of carboxylic acids is 1. The van der Waals surface area contributed by atoms with Crippen molar-refractivity contribution in [3.8, 4) is 0 Å². The highest BCUT2D eigenvalue weighted by Gasteiger charge is 2.40. The molecule has 176 valence electrons. The van der Waals surface area contributed by atoms with E-state index in [-0.39, 0.29) is 31.0 Å².